The molecule has 2 saturated carbocycles. The van der Waals surface area contributed by atoms with Crippen LogP contribution in [-0.2, 0) is 21.9 Å². The predicted molar refractivity (Wildman–Crippen MR) is 260 cm³/mol. The highest BCUT2D eigenvalue weighted by atomic mass is 19.4. The number of hydrogen-bond donors (Lipinski definition) is 5. The van der Waals surface area contributed by atoms with E-state index in [2.05, 4.69) is 47.1 Å². The zero-order valence-corrected chi connectivity index (χ0v) is 41.1. The Morgan fingerprint density at radius 2 is 1.24 bits per heavy atom. The number of ether oxygens (including phenoxy) is 1. The van der Waals surface area contributed by atoms with Crippen LogP contribution in [0.3, 0.4) is 0 Å². The van der Waals surface area contributed by atoms with E-state index in [1.807, 2.05) is 33.2 Å². The van der Waals surface area contributed by atoms with Crippen molar-refractivity contribution in [2.75, 3.05) is 53.4 Å². The molecule has 4 heterocycles. The third-order valence-electron chi connectivity index (χ3n) is 13.3. The van der Waals surface area contributed by atoms with Crippen LogP contribution in [0.1, 0.15) is 120 Å². The lowest BCUT2D eigenvalue weighted by Crippen LogP contribution is -2.63. The largest absolute Gasteiger partial charge is 0.506 e. The zero-order chi connectivity index (χ0) is 52.4. The topological polar surface area (TPSA) is 178 Å². The van der Waals surface area contributed by atoms with Crippen LogP contribution >= 0.6 is 0 Å². The van der Waals surface area contributed by atoms with E-state index in [-0.39, 0.29) is 36.2 Å². The number of halogens is 6. The molecule has 4 fully saturated rings. The van der Waals surface area contributed by atoms with Gasteiger partial charge in [-0.25, -0.2) is 4.98 Å². The minimum atomic E-state index is -4.53. The van der Waals surface area contributed by atoms with Crippen LogP contribution in [0.25, 0.3) is 0 Å². The summed E-state index contributed by atoms with van der Waals surface area (Å²) in [6, 6.07) is 17.6. The van der Waals surface area contributed by atoms with E-state index in [1.165, 1.54) is 49.7 Å². The summed E-state index contributed by atoms with van der Waals surface area (Å²) in [6.45, 7) is 7.39. The summed E-state index contributed by atoms with van der Waals surface area (Å²) in [6.07, 6.45) is 4.23. The maximum atomic E-state index is 12.8. The van der Waals surface area contributed by atoms with Gasteiger partial charge in [0.1, 0.15) is 12.0 Å². The Bertz CT molecular complexity index is 2350. The SMILES string of the molecule is CC.CNC1CN(C2CCC(c3ncccc3O)CC2)C1.COc1ccc(C2CCC(N3CC(NC(=O)CNC(=O)c4cccc(C(F)(F)F)c4)C3)CC2)cn1.O=CCNC(=O)c1cccc(C(F)(F)F)c1. The molecule has 2 aliphatic carbocycles. The highest BCUT2D eigenvalue weighted by Gasteiger charge is 2.37. The van der Waals surface area contributed by atoms with Crippen molar-refractivity contribution in [1.82, 2.24) is 41.0 Å². The number of benzene rings is 2. The van der Waals surface area contributed by atoms with Gasteiger partial charge in [-0.3, -0.25) is 29.2 Å². The molecular formula is C52H66F6N8O6. The molecule has 2 aromatic carbocycles. The molecule has 392 valence electrons. The van der Waals surface area contributed by atoms with Crippen LogP contribution in [0.5, 0.6) is 11.6 Å². The molecule has 5 N–H and O–H groups in total. The van der Waals surface area contributed by atoms with E-state index in [4.69, 9.17) is 4.74 Å². The number of aromatic nitrogens is 2. The lowest BCUT2D eigenvalue weighted by molar-refractivity contribution is -0.138. The smallest absolute Gasteiger partial charge is 0.416 e. The van der Waals surface area contributed by atoms with Gasteiger partial charge in [-0.2, -0.15) is 26.3 Å². The number of pyridine rings is 2. The molecule has 0 radical (unpaired) electrons. The van der Waals surface area contributed by atoms with Gasteiger partial charge in [-0.15, -0.1) is 0 Å². The molecule has 2 saturated heterocycles. The van der Waals surface area contributed by atoms with Crippen molar-refractivity contribution in [2.45, 2.75) is 114 Å². The highest BCUT2D eigenvalue weighted by Crippen LogP contribution is 2.39. The van der Waals surface area contributed by atoms with E-state index in [1.54, 1.807) is 25.4 Å². The average molecular weight is 1010 g/mol. The lowest BCUT2D eigenvalue weighted by atomic mass is 9.81. The Kier molecular flexibility index (Phi) is 21.4. The zero-order valence-electron chi connectivity index (χ0n) is 41.1. The summed E-state index contributed by atoms with van der Waals surface area (Å²) in [4.78, 5) is 59.2. The van der Waals surface area contributed by atoms with Crippen molar-refractivity contribution in [2.24, 2.45) is 0 Å². The summed E-state index contributed by atoms with van der Waals surface area (Å²) in [5.41, 5.74) is 0.0769. The van der Waals surface area contributed by atoms with Gasteiger partial charge in [0.05, 0.1) is 43.1 Å². The standard InChI is InChI=1S/C25H29F3N4O3.C15H23N3O.C10H8F3NO2.C2H6/c1-35-23-10-7-18(12-29-23)16-5-8-21(9-6-16)32-14-20(15-32)31-22(33)13-30-24(34)17-3-2-4-19(11-17)25(26,27)28;1-16-12-9-18(10-12)13-6-4-11(5-7-13)15-14(19)3-2-8-17-15;11-10(12,13)8-3-1-2-7(6-8)9(16)14-4-5-15;1-2/h2-4,7,10-12,16,20-21H,5-6,8-9,13-15H2,1H3,(H,30,34)(H,31,33);2-3,8,11-13,16,19H,4-7,9-10H2,1H3;1-3,5-6H,4H2,(H,14,16);1-2H3. The molecule has 20 heteroatoms. The van der Waals surface area contributed by atoms with Gasteiger partial charge in [0.25, 0.3) is 11.8 Å². The molecule has 8 rings (SSSR count). The summed E-state index contributed by atoms with van der Waals surface area (Å²) >= 11 is 0. The van der Waals surface area contributed by atoms with Gasteiger partial charge in [0.15, 0.2) is 0 Å². The van der Waals surface area contributed by atoms with Crippen LogP contribution in [0, 0.1) is 0 Å². The fraction of sp³-hybridized carbons (Fsp3) is 0.500. The first-order chi connectivity index (χ1) is 34.4. The molecule has 4 aliphatic rings. The quantitative estimate of drug-likeness (QED) is 0.0654. The number of nitrogens with zero attached hydrogens (tertiary/aromatic N) is 4. The molecule has 14 nitrogen and oxygen atoms in total. The number of alkyl halides is 6. The second-order valence-electron chi connectivity index (χ2n) is 17.9. The molecule has 4 aromatic rings. The Hall–Kier alpha value is -6.12. The molecule has 72 heavy (non-hydrogen) atoms. The number of aldehydes is 1. The van der Waals surface area contributed by atoms with Gasteiger partial charge in [-0.1, -0.05) is 32.0 Å². The van der Waals surface area contributed by atoms with Gasteiger partial charge in [0, 0.05) is 79.8 Å². The maximum Gasteiger partial charge on any atom is 0.416 e. The van der Waals surface area contributed by atoms with Gasteiger partial charge >= 0.3 is 12.4 Å². The molecule has 3 amide bonds. The summed E-state index contributed by atoms with van der Waals surface area (Å²) in [7, 11) is 3.65. The minimum absolute atomic E-state index is 0.0106. The normalized spacial score (nSPS) is 20.5. The second-order valence-corrected chi connectivity index (χ2v) is 17.9. The van der Waals surface area contributed by atoms with Gasteiger partial charge < -0.3 is 35.9 Å². The maximum absolute atomic E-state index is 12.8. The van der Waals surface area contributed by atoms with Gasteiger partial charge in [0.2, 0.25) is 11.8 Å². The number of amides is 3. The fourth-order valence-electron chi connectivity index (χ4n) is 9.31. The van der Waals surface area contributed by atoms with E-state index in [0.29, 0.717) is 41.8 Å². The minimum Gasteiger partial charge on any atom is -0.506 e. The third-order valence-corrected chi connectivity index (χ3v) is 13.3. The van der Waals surface area contributed by atoms with Crippen LogP contribution in [0.4, 0.5) is 26.3 Å². The Balaban J connectivity index is 0.000000218. The number of carbonyl (C=O) groups is 4. The second kappa shape index (κ2) is 27.1. The molecule has 2 aliphatic heterocycles. The number of hydrogen-bond acceptors (Lipinski definition) is 11. The Morgan fingerprint density at radius 1 is 0.708 bits per heavy atom. The molecule has 2 aromatic heterocycles. The van der Waals surface area contributed by atoms with Crippen molar-refractivity contribution >= 4 is 24.0 Å². The Labute approximate surface area is 416 Å². The number of methoxy groups -OCH3 is 1. The Morgan fingerprint density at radius 3 is 1.71 bits per heavy atom. The molecule has 0 atom stereocenters. The van der Waals surface area contributed by atoms with Crippen molar-refractivity contribution in [1.29, 1.82) is 0 Å². The lowest BCUT2D eigenvalue weighted by Gasteiger charge is -2.46. The van der Waals surface area contributed by atoms with E-state index in [9.17, 15) is 50.6 Å². The predicted octanol–water partition coefficient (Wildman–Crippen LogP) is 7.74. The fourth-order valence-corrected chi connectivity index (χ4v) is 9.31. The first kappa shape index (κ1) is 56.8. The van der Waals surface area contributed by atoms with E-state index in [0.717, 1.165) is 93.7 Å². The van der Waals surface area contributed by atoms with E-state index < -0.39 is 35.3 Å². The first-order valence-corrected chi connectivity index (χ1v) is 24.4. The van der Waals surface area contributed by atoms with Crippen molar-refractivity contribution in [3.05, 3.63) is 119 Å². The van der Waals surface area contributed by atoms with Crippen LogP contribution in [-0.4, -0.2) is 126 Å². The monoisotopic (exact) mass is 1010 g/mol. The first-order valence-electron chi connectivity index (χ1n) is 24.4. The van der Waals surface area contributed by atoms with Crippen LogP contribution in [0.2, 0.25) is 0 Å². The number of nitrogens with one attached hydrogen (secondary N) is 4. The number of rotatable bonds is 13. The van der Waals surface area contributed by atoms with Crippen molar-refractivity contribution in [3.63, 3.8) is 0 Å². The van der Waals surface area contributed by atoms with Gasteiger partial charge in [-0.05, 0) is 118 Å². The summed E-state index contributed by atoms with van der Waals surface area (Å²) in [5, 5.41) is 20.6. The molecule has 0 unspecified atom stereocenters. The molecular weight excluding hydrogens is 947 g/mol. The summed E-state index contributed by atoms with van der Waals surface area (Å²) < 4.78 is 80.5. The molecule has 0 spiro atoms. The third kappa shape index (κ3) is 16.5. The van der Waals surface area contributed by atoms with Crippen LogP contribution < -0.4 is 26.0 Å². The number of likely N-dealkylation sites (N-methyl/N-ethyl adjacent to an activating group) is 1. The number of aromatic hydroxyl groups is 1. The summed E-state index contributed by atoms with van der Waals surface area (Å²) in [5.74, 6) is 0.145. The average Bonchev–Trinajstić information content (AvgIpc) is 3.36. The van der Waals surface area contributed by atoms with E-state index >= 15 is 0 Å². The van der Waals surface area contributed by atoms with Crippen LogP contribution in [0.15, 0.2) is 85.2 Å². The van der Waals surface area contributed by atoms with Crippen molar-refractivity contribution in [3.8, 4) is 11.6 Å². The molecule has 0 bridgehead atoms. The highest BCUT2D eigenvalue weighted by molar-refractivity contribution is 5.97. The number of carbonyl (C=O) groups excluding carboxylic acids is 4. The number of likely N-dealkylation sites (tertiary alicyclic amines) is 2. The van der Waals surface area contributed by atoms with Crippen molar-refractivity contribution < 1.29 is 55.4 Å².